The number of halogens is 1. The minimum Gasteiger partial charge on any atom is -0.310 e. The van der Waals surface area contributed by atoms with Gasteiger partial charge in [-0.25, -0.2) is 0 Å². The molecule has 4 heteroatoms. The van der Waals surface area contributed by atoms with Gasteiger partial charge < -0.3 is 10.2 Å². The molecular formula is C16H27BrN2S. The van der Waals surface area contributed by atoms with E-state index in [1.54, 1.807) is 0 Å². The van der Waals surface area contributed by atoms with Gasteiger partial charge in [-0.1, -0.05) is 42.8 Å². The SMILES string of the molecule is CCNC(C)c1ccc(Br)cc1SCCN(CC)CC. The average Bonchev–Trinajstić information content (AvgIpc) is 2.44. The predicted octanol–water partition coefficient (Wildman–Crippen LogP) is 4.55. The van der Waals surface area contributed by atoms with Crippen LogP contribution in [0.25, 0.3) is 0 Å². The first-order valence-corrected chi connectivity index (χ1v) is 9.28. The lowest BCUT2D eigenvalue weighted by atomic mass is 10.1. The van der Waals surface area contributed by atoms with E-state index in [0.717, 1.165) is 36.4 Å². The van der Waals surface area contributed by atoms with Gasteiger partial charge in [-0.3, -0.25) is 0 Å². The normalized spacial score (nSPS) is 12.9. The lowest BCUT2D eigenvalue weighted by Crippen LogP contribution is -2.25. The second-order valence-electron chi connectivity index (χ2n) is 4.84. The standard InChI is InChI=1S/C16H27BrN2S/c1-5-18-13(4)15-9-8-14(17)12-16(15)20-11-10-19(6-2)7-3/h8-9,12-13,18H,5-7,10-11H2,1-4H3. The Bertz CT molecular complexity index is 394. The molecule has 0 aliphatic heterocycles. The van der Waals surface area contributed by atoms with E-state index in [1.165, 1.54) is 10.5 Å². The molecule has 0 aromatic heterocycles. The number of hydrogen-bond acceptors (Lipinski definition) is 3. The Balaban J connectivity index is 2.69. The maximum Gasteiger partial charge on any atom is 0.0302 e. The summed E-state index contributed by atoms with van der Waals surface area (Å²) < 4.78 is 1.16. The maximum atomic E-state index is 3.59. The number of rotatable bonds is 9. The minimum atomic E-state index is 0.407. The van der Waals surface area contributed by atoms with Crippen LogP contribution in [0.4, 0.5) is 0 Å². The molecule has 1 aromatic rings. The highest BCUT2D eigenvalue weighted by atomic mass is 79.9. The van der Waals surface area contributed by atoms with Gasteiger partial charge in [0, 0.05) is 27.7 Å². The molecule has 0 bridgehead atoms. The summed E-state index contributed by atoms with van der Waals surface area (Å²) in [5.74, 6) is 1.14. The highest BCUT2D eigenvalue weighted by Gasteiger charge is 2.11. The quantitative estimate of drug-likeness (QED) is 0.651. The second-order valence-corrected chi connectivity index (χ2v) is 6.89. The van der Waals surface area contributed by atoms with Crippen molar-refractivity contribution in [3.63, 3.8) is 0 Å². The molecule has 114 valence electrons. The van der Waals surface area contributed by atoms with E-state index in [-0.39, 0.29) is 0 Å². The van der Waals surface area contributed by atoms with Gasteiger partial charge in [-0.2, -0.15) is 0 Å². The Hall–Kier alpha value is -0.0300. The fourth-order valence-electron chi connectivity index (χ4n) is 2.23. The van der Waals surface area contributed by atoms with Crippen LogP contribution in [-0.2, 0) is 0 Å². The number of nitrogens with one attached hydrogen (secondary N) is 1. The largest absolute Gasteiger partial charge is 0.310 e. The molecule has 0 aliphatic carbocycles. The van der Waals surface area contributed by atoms with E-state index >= 15 is 0 Å². The number of hydrogen-bond donors (Lipinski definition) is 1. The van der Waals surface area contributed by atoms with Crippen molar-refractivity contribution < 1.29 is 0 Å². The molecule has 20 heavy (non-hydrogen) atoms. The van der Waals surface area contributed by atoms with E-state index in [4.69, 9.17) is 0 Å². The molecule has 0 saturated carbocycles. The summed E-state index contributed by atoms with van der Waals surface area (Å²) in [6, 6.07) is 7.02. The molecule has 1 aromatic carbocycles. The van der Waals surface area contributed by atoms with Gasteiger partial charge in [0.1, 0.15) is 0 Å². The van der Waals surface area contributed by atoms with Gasteiger partial charge in [0.15, 0.2) is 0 Å². The van der Waals surface area contributed by atoms with Crippen LogP contribution >= 0.6 is 27.7 Å². The van der Waals surface area contributed by atoms with Crippen LogP contribution in [-0.4, -0.2) is 36.8 Å². The van der Waals surface area contributed by atoms with E-state index < -0.39 is 0 Å². The van der Waals surface area contributed by atoms with Gasteiger partial charge in [0.05, 0.1) is 0 Å². The summed E-state index contributed by atoms with van der Waals surface area (Å²) in [5.41, 5.74) is 1.40. The molecular weight excluding hydrogens is 332 g/mol. The van der Waals surface area contributed by atoms with Gasteiger partial charge >= 0.3 is 0 Å². The molecule has 1 rings (SSSR count). The number of nitrogens with zero attached hydrogens (tertiary/aromatic N) is 1. The second kappa shape index (κ2) is 9.82. The van der Waals surface area contributed by atoms with Crippen molar-refractivity contribution in [1.82, 2.24) is 10.2 Å². The zero-order valence-corrected chi connectivity index (χ0v) is 15.5. The Morgan fingerprint density at radius 1 is 1.25 bits per heavy atom. The van der Waals surface area contributed by atoms with Crippen LogP contribution in [0.2, 0.25) is 0 Å². The van der Waals surface area contributed by atoms with Gasteiger partial charge in [-0.15, -0.1) is 11.8 Å². The molecule has 0 heterocycles. The zero-order chi connectivity index (χ0) is 15.0. The van der Waals surface area contributed by atoms with Crippen LogP contribution in [0.5, 0.6) is 0 Å². The first kappa shape index (κ1) is 18.0. The van der Waals surface area contributed by atoms with Crippen molar-refractivity contribution in [3.05, 3.63) is 28.2 Å². The van der Waals surface area contributed by atoms with Crippen LogP contribution in [0.1, 0.15) is 39.3 Å². The van der Waals surface area contributed by atoms with Gasteiger partial charge in [-0.05, 0) is 44.3 Å². The summed E-state index contributed by atoms with van der Waals surface area (Å²) in [6.07, 6.45) is 0. The summed E-state index contributed by atoms with van der Waals surface area (Å²) in [7, 11) is 0. The highest BCUT2D eigenvalue weighted by molar-refractivity contribution is 9.10. The van der Waals surface area contributed by atoms with Gasteiger partial charge in [0.2, 0.25) is 0 Å². The number of thioether (sulfide) groups is 1. The lowest BCUT2D eigenvalue weighted by molar-refractivity contribution is 0.324. The smallest absolute Gasteiger partial charge is 0.0302 e. The Morgan fingerprint density at radius 3 is 2.55 bits per heavy atom. The molecule has 1 N–H and O–H groups in total. The summed E-state index contributed by atoms with van der Waals surface area (Å²) in [5, 5.41) is 3.50. The van der Waals surface area contributed by atoms with E-state index in [1.807, 2.05) is 11.8 Å². The molecule has 0 amide bonds. The fourth-order valence-corrected chi connectivity index (χ4v) is 3.94. The first-order chi connectivity index (χ1) is 9.62. The monoisotopic (exact) mass is 358 g/mol. The van der Waals surface area contributed by atoms with Crippen molar-refractivity contribution in [2.75, 3.05) is 31.9 Å². The lowest BCUT2D eigenvalue weighted by Gasteiger charge is -2.20. The molecule has 0 radical (unpaired) electrons. The van der Waals surface area contributed by atoms with Crippen LogP contribution in [0.15, 0.2) is 27.6 Å². The Kier molecular flexibility index (Phi) is 8.85. The van der Waals surface area contributed by atoms with Crippen molar-refractivity contribution in [1.29, 1.82) is 0 Å². The summed E-state index contributed by atoms with van der Waals surface area (Å²) >= 11 is 5.55. The predicted molar refractivity (Wildman–Crippen MR) is 94.7 cm³/mol. The summed E-state index contributed by atoms with van der Waals surface area (Å²) in [4.78, 5) is 3.86. The minimum absolute atomic E-state index is 0.407. The third-order valence-corrected chi connectivity index (χ3v) is 5.06. The van der Waals surface area contributed by atoms with E-state index in [9.17, 15) is 0 Å². The van der Waals surface area contributed by atoms with Crippen LogP contribution in [0, 0.1) is 0 Å². The topological polar surface area (TPSA) is 15.3 Å². The van der Waals surface area contributed by atoms with Crippen molar-refractivity contribution >= 4 is 27.7 Å². The molecule has 0 aliphatic rings. The van der Waals surface area contributed by atoms with Crippen molar-refractivity contribution in [2.45, 2.75) is 38.6 Å². The van der Waals surface area contributed by atoms with Gasteiger partial charge in [0.25, 0.3) is 0 Å². The van der Waals surface area contributed by atoms with Crippen molar-refractivity contribution in [3.8, 4) is 0 Å². The zero-order valence-electron chi connectivity index (χ0n) is 13.1. The number of benzene rings is 1. The maximum absolute atomic E-state index is 3.59. The molecule has 2 nitrogen and oxygen atoms in total. The van der Waals surface area contributed by atoms with E-state index in [0.29, 0.717) is 6.04 Å². The molecule has 1 atom stereocenters. The van der Waals surface area contributed by atoms with Crippen molar-refractivity contribution in [2.24, 2.45) is 0 Å². The average molecular weight is 359 g/mol. The first-order valence-electron chi connectivity index (χ1n) is 7.50. The Morgan fingerprint density at radius 2 is 1.95 bits per heavy atom. The van der Waals surface area contributed by atoms with Crippen LogP contribution < -0.4 is 5.32 Å². The third kappa shape index (κ3) is 5.76. The molecule has 0 spiro atoms. The molecule has 1 unspecified atom stereocenters. The third-order valence-electron chi connectivity index (χ3n) is 3.51. The highest BCUT2D eigenvalue weighted by Crippen LogP contribution is 2.30. The molecule has 0 saturated heterocycles. The summed E-state index contributed by atoms with van der Waals surface area (Å²) in [6.45, 7) is 13.3. The van der Waals surface area contributed by atoms with E-state index in [2.05, 4.69) is 72.0 Å². The fraction of sp³-hybridized carbons (Fsp3) is 0.625. The van der Waals surface area contributed by atoms with Crippen LogP contribution in [0.3, 0.4) is 0 Å². The molecule has 0 fully saturated rings. The Labute approximate surface area is 136 Å².